The van der Waals surface area contributed by atoms with E-state index >= 15 is 0 Å². The number of benzene rings is 2. The molecule has 0 fully saturated rings. The number of hydrogen-bond donors (Lipinski definition) is 1. The first-order valence-corrected chi connectivity index (χ1v) is 12.1. The molecule has 1 N–H and O–H groups in total. The number of thioether (sulfide) groups is 1. The fraction of sp³-hybridized carbons (Fsp3) is 0.182. The maximum Gasteiger partial charge on any atom is 0.231 e. The van der Waals surface area contributed by atoms with Gasteiger partial charge in [0.25, 0.3) is 0 Å². The Morgan fingerprint density at radius 2 is 1.84 bits per heavy atom. The van der Waals surface area contributed by atoms with E-state index in [0.29, 0.717) is 20.8 Å². The van der Waals surface area contributed by atoms with Crippen molar-refractivity contribution >= 4 is 45.5 Å². The van der Waals surface area contributed by atoms with Gasteiger partial charge in [0.1, 0.15) is 5.82 Å². The molecule has 2 aromatic carbocycles. The average Bonchev–Trinajstić information content (AvgIpc) is 3.34. The van der Waals surface area contributed by atoms with Crippen LogP contribution in [0.2, 0.25) is 0 Å². The second kappa shape index (κ2) is 9.67. The van der Waals surface area contributed by atoms with E-state index in [0.717, 1.165) is 21.1 Å². The topological polar surface area (TPSA) is 67.8 Å². The molecule has 158 valence electrons. The predicted molar refractivity (Wildman–Crippen MR) is 125 cm³/mol. The number of aryl methyl sites for hydroxylation is 2. The zero-order valence-electron chi connectivity index (χ0n) is 16.9. The highest BCUT2D eigenvalue weighted by molar-refractivity contribution is 8.00. The van der Waals surface area contributed by atoms with Crippen LogP contribution in [0.15, 0.2) is 52.9 Å². The van der Waals surface area contributed by atoms with E-state index in [4.69, 9.17) is 0 Å². The zero-order chi connectivity index (χ0) is 21.8. The Hall–Kier alpha value is -2.62. The second-order valence-corrected chi connectivity index (χ2v) is 10.3. The maximum absolute atomic E-state index is 13.7. The van der Waals surface area contributed by atoms with Crippen LogP contribution in [0, 0.1) is 19.7 Å². The van der Waals surface area contributed by atoms with Crippen LogP contribution in [0.3, 0.4) is 0 Å². The lowest BCUT2D eigenvalue weighted by Gasteiger charge is -2.03. The van der Waals surface area contributed by atoms with Crippen LogP contribution in [0.1, 0.15) is 21.0 Å². The quantitative estimate of drug-likeness (QED) is 0.269. The number of amides is 1. The van der Waals surface area contributed by atoms with Gasteiger partial charge in [-0.3, -0.25) is 4.79 Å². The molecule has 4 rings (SSSR count). The van der Waals surface area contributed by atoms with Gasteiger partial charge < -0.3 is 5.32 Å². The van der Waals surface area contributed by atoms with Gasteiger partial charge in [-0.1, -0.05) is 71.1 Å². The molecule has 1 amide bonds. The van der Waals surface area contributed by atoms with Gasteiger partial charge >= 0.3 is 0 Å². The van der Waals surface area contributed by atoms with Crippen molar-refractivity contribution in [1.29, 1.82) is 0 Å². The molecule has 0 aliphatic rings. The fourth-order valence-corrected chi connectivity index (χ4v) is 5.62. The summed E-state index contributed by atoms with van der Waals surface area (Å²) >= 11 is 4.19. The average molecular weight is 471 g/mol. The van der Waals surface area contributed by atoms with Crippen LogP contribution >= 0.6 is 34.4 Å². The first-order chi connectivity index (χ1) is 15.0. The Kier molecular flexibility index (Phi) is 6.74. The minimum Gasteiger partial charge on any atom is -0.300 e. The third kappa shape index (κ3) is 5.55. The molecule has 0 radical (unpaired) electrons. The molecule has 9 heteroatoms. The third-order valence-electron chi connectivity index (χ3n) is 4.41. The summed E-state index contributed by atoms with van der Waals surface area (Å²) in [5, 5.41) is 12.3. The number of anilines is 1. The van der Waals surface area contributed by atoms with Crippen molar-refractivity contribution in [3.05, 3.63) is 75.4 Å². The van der Waals surface area contributed by atoms with E-state index < -0.39 is 0 Å². The SMILES string of the molecule is Cc1ccc(-c2nc(C)sc2CC(=O)Nc2nnc(SCc3ccccc3F)s2)cc1. The fourth-order valence-electron chi connectivity index (χ4n) is 2.91. The predicted octanol–water partition coefficient (Wildman–Crippen LogP) is 5.89. The first-order valence-electron chi connectivity index (χ1n) is 9.51. The lowest BCUT2D eigenvalue weighted by Crippen LogP contribution is -2.14. The Morgan fingerprint density at radius 1 is 1.06 bits per heavy atom. The third-order valence-corrected chi connectivity index (χ3v) is 7.40. The normalized spacial score (nSPS) is 10.9. The molecule has 0 aliphatic heterocycles. The molecule has 0 bridgehead atoms. The summed E-state index contributed by atoms with van der Waals surface area (Å²) in [5.41, 5.74) is 3.63. The van der Waals surface area contributed by atoms with Gasteiger partial charge in [0.2, 0.25) is 11.0 Å². The summed E-state index contributed by atoms with van der Waals surface area (Å²) in [6.45, 7) is 3.98. The molecule has 2 heterocycles. The molecular weight excluding hydrogens is 451 g/mol. The number of hydrogen-bond acceptors (Lipinski definition) is 7. The van der Waals surface area contributed by atoms with E-state index in [2.05, 4.69) is 20.5 Å². The number of rotatable bonds is 7. The van der Waals surface area contributed by atoms with Crippen molar-refractivity contribution in [1.82, 2.24) is 15.2 Å². The Labute approximate surface area is 191 Å². The zero-order valence-corrected chi connectivity index (χ0v) is 19.3. The van der Waals surface area contributed by atoms with Crippen LogP contribution in [-0.2, 0) is 17.0 Å². The summed E-state index contributed by atoms with van der Waals surface area (Å²) < 4.78 is 14.4. The van der Waals surface area contributed by atoms with E-state index in [1.54, 1.807) is 18.2 Å². The van der Waals surface area contributed by atoms with E-state index in [9.17, 15) is 9.18 Å². The number of thiazole rings is 1. The first kappa shape index (κ1) is 21.6. The summed E-state index contributed by atoms with van der Waals surface area (Å²) in [5.74, 6) is 0.0473. The van der Waals surface area contributed by atoms with Gasteiger partial charge in [0.15, 0.2) is 4.34 Å². The Morgan fingerprint density at radius 3 is 2.61 bits per heavy atom. The highest BCUT2D eigenvalue weighted by Crippen LogP contribution is 2.31. The second-order valence-electron chi connectivity index (χ2n) is 6.85. The number of nitrogens with one attached hydrogen (secondary N) is 1. The number of carbonyl (C=O) groups excluding carboxylic acids is 1. The molecular formula is C22H19FN4OS3. The molecule has 2 aromatic heterocycles. The minimum absolute atomic E-state index is 0.168. The van der Waals surface area contributed by atoms with Crippen LogP contribution < -0.4 is 5.32 Å². The van der Waals surface area contributed by atoms with Gasteiger partial charge in [-0.2, -0.15) is 0 Å². The molecule has 0 unspecified atom stereocenters. The largest absolute Gasteiger partial charge is 0.300 e. The number of nitrogens with zero attached hydrogens (tertiary/aromatic N) is 3. The standard InChI is InChI=1S/C22H19FN4OS3/c1-13-7-9-15(10-8-13)20-18(30-14(2)24-20)11-19(28)25-21-26-27-22(31-21)29-12-16-5-3-4-6-17(16)23/h3-10H,11-12H2,1-2H3,(H,25,26,28). The van der Waals surface area contributed by atoms with Crippen molar-refractivity contribution in [2.24, 2.45) is 0 Å². The van der Waals surface area contributed by atoms with Gasteiger partial charge in [-0.25, -0.2) is 9.37 Å². The monoisotopic (exact) mass is 470 g/mol. The highest BCUT2D eigenvalue weighted by atomic mass is 32.2. The molecule has 0 saturated carbocycles. The van der Waals surface area contributed by atoms with E-state index in [1.807, 2.05) is 38.1 Å². The van der Waals surface area contributed by atoms with E-state index in [1.165, 1.54) is 46.1 Å². The molecule has 5 nitrogen and oxygen atoms in total. The smallest absolute Gasteiger partial charge is 0.231 e. The minimum atomic E-state index is -0.239. The van der Waals surface area contributed by atoms with E-state index in [-0.39, 0.29) is 18.1 Å². The van der Waals surface area contributed by atoms with Gasteiger partial charge in [0.05, 0.1) is 17.1 Å². The van der Waals surface area contributed by atoms with Gasteiger partial charge in [-0.15, -0.1) is 21.5 Å². The highest BCUT2D eigenvalue weighted by Gasteiger charge is 2.16. The summed E-state index contributed by atoms with van der Waals surface area (Å²) in [6.07, 6.45) is 0.214. The maximum atomic E-state index is 13.7. The van der Waals surface area contributed by atoms with Crippen molar-refractivity contribution < 1.29 is 9.18 Å². The van der Waals surface area contributed by atoms with Crippen LogP contribution in [0.25, 0.3) is 11.3 Å². The van der Waals surface area contributed by atoms with Crippen molar-refractivity contribution in [3.8, 4) is 11.3 Å². The number of carbonyl (C=O) groups is 1. The van der Waals surface area contributed by atoms with Gasteiger partial charge in [-0.05, 0) is 25.5 Å². The molecule has 0 saturated heterocycles. The molecule has 0 atom stereocenters. The van der Waals surface area contributed by atoms with Crippen LogP contribution in [0.5, 0.6) is 0 Å². The number of aromatic nitrogens is 3. The molecule has 0 spiro atoms. The van der Waals surface area contributed by atoms with Crippen molar-refractivity contribution in [2.45, 2.75) is 30.4 Å². The van der Waals surface area contributed by atoms with Crippen molar-refractivity contribution in [2.75, 3.05) is 5.32 Å². The number of halogens is 1. The Bertz CT molecular complexity index is 1200. The summed E-state index contributed by atoms with van der Waals surface area (Å²) in [4.78, 5) is 18.1. The molecule has 0 aliphatic carbocycles. The lowest BCUT2D eigenvalue weighted by atomic mass is 10.1. The van der Waals surface area contributed by atoms with Gasteiger partial charge in [0, 0.05) is 16.2 Å². The summed E-state index contributed by atoms with van der Waals surface area (Å²) in [7, 11) is 0. The summed E-state index contributed by atoms with van der Waals surface area (Å²) in [6, 6.07) is 14.8. The van der Waals surface area contributed by atoms with Crippen LogP contribution in [0.4, 0.5) is 9.52 Å². The van der Waals surface area contributed by atoms with Crippen LogP contribution in [-0.4, -0.2) is 21.1 Å². The lowest BCUT2D eigenvalue weighted by molar-refractivity contribution is -0.115. The molecule has 4 aromatic rings. The molecule has 31 heavy (non-hydrogen) atoms. The van der Waals surface area contributed by atoms with Crippen molar-refractivity contribution in [3.63, 3.8) is 0 Å². The Balaban J connectivity index is 1.39.